The van der Waals surface area contributed by atoms with Crippen molar-refractivity contribution in [3.63, 3.8) is 0 Å². The van der Waals surface area contributed by atoms with Crippen LogP contribution >= 0.6 is 11.3 Å². The molecule has 0 N–H and O–H groups in total. The van der Waals surface area contributed by atoms with Crippen molar-refractivity contribution in [2.75, 3.05) is 0 Å². The smallest absolute Gasteiger partial charge is 0.177 e. The molecule has 0 radical (unpaired) electrons. The van der Waals surface area contributed by atoms with Gasteiger partial charge in [-0.1, -0.05) is 5.16 Å². The molecule has 2 rings (SSSR count). The Bertz CT molecular complexity index is 430. The fourth-order valence-electron chi connectivity index (χ4n) is 1.02. The lowest BCUT2D eigenvalue weighted by Gasteiger charge is -1.83. The third kappa shape index (κ3) is 1.53. The normalized spacial score (nSPS) is 10.2. The maximum absolute atomic E-state index is 10.4. The Morgan fingerprint density at radius 3 is 2.92 bits per heavy atom. The molecule has 3 nitrogen and oxygen atoms in total. The second-order valence-electron chi connectivity index (χ2n) is 2.69. The van der Waals surface area contributed by atoms with E-state index in [4.69, 9.17) is 4.52 Å². The monoisotopic (exact) mass is 193 g/mol. The van der Waals surface area contributed by atoms with Gasteiger partial charge in [0.1, 0.15) is 0 Å². The van der Waals surface area contributed by atoms with Crippen LogP contribution in [0.15, 0.2) is 22.0 Å². The second kappa shape index (κ2) is 3.14. The summed E-state index contributed by atoms with van der Waals surface area (Å²) in [6, 6.07) is 3.64. The molecule has 66 valence electrons. The molecule has 0 atom stereocenters. The van der Waals surface area contributed by atoms with Crippen molar-refractivity contribution in [3.8, 4) is 10.6 Å². The first-order valence-corrected chi connectivity index (χ1v) is 4.65. The molecule has 2 aromatic rings. The standard InChI is InChI=1S/C9H7NO2S/c1-6-2-8(12-10-6)9-3-7(4-11)5-13-9/h2-5H,1H3. The number of rotatable bonds is 2. The van der Waals surface area contributed by atoms with E-state index in [0.717, 1.165) is 22.6 Å². The van der Waals surface area contributed by atoms with Crippen LogP contribution in [0.1, 0.15) is 16.1 Å². The predicted molar refractivity (Wildman–Crippen MR) is 49.9 cm³/mol. The number of carbonyl (C=O) groups is 1. The number of nitrogens with zero attached hydrogens (tertiary/aromatic N) is 1. The number of hydrogen-bond donors (Lipinski definition) is 0. The van der Waals surface area contributed by atoms with Crippen molar-refractivity contribution in [2.45, 2.75) is 6.92 Å². The van der Waals surface area contributed by atoms with E-state index in [1.807, 2.05) is 13.0 Å². The number of hydrogen-bond acceptors (Lipinski definition) is 4. The molecule has 0 saturated heterocycles. The summed E-state index contributed by atoms with van der Waals surface area (Å²) < 4.78 is 5.05. The number of aromatic nitrogens is 1. The molecule has 0 aliphatic rings. The van der Waals surface area contributed by atoms with Gasteiger partial charge in [-0.25, -0.2) is 0 Å². The van der Waals surface area contributed by atoms with Gasteiger partial charge in [0, 0.05) is 17.0 Å². The molecule has 0 aromatic carbocycles. The quantitative estimate of drug-likeness (QED) is 0.688. The second-order valence-corrected chi connectivity index (χ2v) is 3.61. The van der Waals surface area contributed by atoms with Gasteiger partial charge in [0.15, 0.2) is 12.0 Å². The summed E-state index contributed by atoms with van der Waals surface area (Å²) in [6.45, 7) is 1.86. The van der Waals surface area contributed by atoms with Crippen LogP contribution in [-0.4, -0.2) is 11.4 Å². The Morgan fingerprint density at radius 1 is 1.54 bits per heavy atom. The van der Waals surface area contributed by atoms with Crippen LogP contribution in [0.2, 0.25) is 0 Å². The van der Waals surface area contributed by atoms with E-state index in [-0.39, 0.29) is 0 Å². The fourth-order valence-corrected chi connectivity index (χ4v) is 1.82. The van der Waals surface area contributed by atoms with E-state index >= 15 is 0 Å². The van der Waals surface area contributed by atoms with Gasteiger partial charge in [0.2, 0.25) is 0 Å². The van der Waals surface area contributed by atoms with Gasteiger partial charge in [0.05, 0.1) is 10.6 Å². The van der Waals surface area contributed by atoms with Gasteiger partial charge >= 0.3 is 0 Å². The number of thiophene rings is 1. The molecule has 0 bridgehead atoms. The number of aldehydes is 1. The Hall–Kier alpha value is -1.42. The average Bonchev–Trinajstić information content (AvgIpc) is 2.71. The van der Waals surface area contributed by atoms with E-state index in [1.54, 1.807) is 11.4 Å². The summed E-state index contributed by atoms with van der Waals surface area (Å²) in [7, 11) is 0. The highest BCUT2D eigenvalue weighted by atomic mass is 32.1. The lowest BCUT2D eigenvalue weighted by molar-refractivity contribution is 0.112. The first kappa shape index (κ1) is 8.19. The SMILES string of the molecule is Cc1cc(-c2cc(C=O)cs2)on1. The third-order valence-electron chi connectivity index (χ3n) is 1.63. The van der Waals surface area contributed by atoms with E-state index in [9.17, 15) is 4.79 Å². The molecule has 0 aliphatic carbocycles. The van der Waals surface area contributed by atoms with Crippen molar-refractivity contribution in [1.82, 2.24) is 5.16 Å². The highest BCUT2D eigenvalue weighted by Crippen LogP contribution is 2.26. The minimum atomic E-state index is 0.675. The van der Waals surface area contributed by atoms with E-state index < -0.39 is 0 Å². The molecule has 0 saturated carbocycles. The lowest BCUT2D eigenvalue weighted by Crippen LogP contribution is -1.68. The van der Waals surface area contributed by atoms with Gasteiger partial charge in [-0.05, 0) is 13.0 Å². The highest BCUT2D eigenvalue weighted by Gasteiger charge is 2.06. The molecular weight excluding hydrogens is 186 g/mol. The van der Waals surface area contributed by atoms with Crippen molar-refractivity contribution in [2.24, 2.45) is 0 Å². The van der Waals surface area contributed by atoms with E-state index in [1.165, 1.54) is 11.3 Å². The molecule has 4 heteroatoms. The summed E-state index contributed by atoms with van der Waals surface area (Å²) >= 11 is 1.48. The maximum atomic E-state index is 10.4. The Balaban J connectivity index is 2.40. The summed E-state index contributed by atoms with van der Waals surface area (Å²) in [4.78, 5) is 11.3. The molecule has 0 unspecified atom stereocenters. The van der Waals surface area contributed by atoms with Crippen LogP contribution in [0, 0.1) is 6.92 Å². The topological polar surface area (TPSA) is 43.1 Å². The van der Waals surface area contributed by atoms with Crippen LogP contribution in [0.4, 0.5) is 0 Å². The maximum Gasteiger partial charge on any atom is 0.177 e. The van der Waals surface area contributed by atoms with Gasteiger partial charge < -0.3 is 4.52 Å². The third-order valence-corrected chi connectivity index (χ3v) is 2.59. The molecule has 0 amide bonds. The van der Waals surface area contributed by atoms with Crippen LogP contribution in [0.3, 0.4) is 0 Å². The van der Waals surface area contributed by atoms with Gasteiger partial charge in [0.25, 0.3) is 0 Å². The summed E-state index contributed by atoms with van der Waals surface area (Å²) in [5.74, 6) is 0.718. The molecule has 13 heavy (non-hydrogen) atoms. The minimum Gasteiger partial charge on any atom is -0.355 e. The number of carbonyl (C=O) groups excluding carboxylic acids is 1. The van der Waals surface area contributed by atoms with Gasteiger partial charge in [-0.3, -0.25) is 4.79 Å². The summed E-state index contributed by atoms with van der Waals surface area (Å²) in [6.07, 6.45) is 0.823. The first-order valence-electron chi connectivity index (χ1n) is 3.77. The Morgan fingerprint density at radius 2 is 2.38 bits per heavy atom. The summed E-state index contributed by atoms with van der Waals surface area (Å²) in [5, 5.41) is 5.56. The van der Waals surface area contributed by atoms with Gasteiger partial charge in [-0.15, -0.1) is 11.3 Å². The average molecular weight is 193 g/mol. The van der Waals surface area contributed by atoms with E-state index in [2.05, 4.69) is 5.16 Å². The Kier molecular flexibility index (Phi) is 1.98. The lowest BCUT2D eigenvalue weighted by atomic mass is 10.3. The highest BCUT2D eigenvalue weighted by molar-refractivity contribution is 7.13. The fraction of sp³-hybridized carbons (Fsp3) is 0.111. The zero-order valence-electron chi connectivity index (χ0n) is 6.98. The molecule has 2 aromatic heterocycles. The van der Waals surface area contributed by atoms with Crippen molar-refractivity contribution in [1.29, 1.82) is 0 Å². The molecular formula is C9H7NO2S. The minimum absolute atomic E-state index is 0.675. The van der Waals surface area contributed by atoms with Crippen LogP contribution in [0.5, 0.6) is 0 Å². The number of aryl methyl sites for hydroxylation is 1. The van der Waals surface area contributed by atoms with Crippen molar-refractivity contribution in [3.05, 3.63) is 28.8 Å². The zero-order chi connectivity index (χ0) is 9.26. The zero-order valence-corrected chi connectivity index (χ0v) is 7.80. The molecule has 0 fully saturated rings. The van der Waals surface area contributed by atoms with Gasteiger partial charge in [-0.2, -0.15) is 0 Å². The van der Waals surface area contributed by atoms with E-state index in [0.29, 0.717) is 5.56 Å². The van der Waals surface area contributed by atoms with Crippen molar-refractivity contribution < 1.29 is 9.32 Å². The Labute approximate surface area is 79.0 Å². The van der Waals surface area contributed by atoms with Crippen molar-refractivity contribution >= 4 is 17.6 Å². The van der Waals surface area contributed by atoms with Crippen LogP contribution in [0.25, 0.3) is 10.6 Å². The molecule has 0 spiro atoms. The predicted octanol–water partition coefficient (Wildman–Crippen LogP) is 2.52. The largest absolute Gasteiger partial charge is 0.355 e. The summed E-state index contributed by atoms with van der Waals surface area (Å²) in [5.41, 5.74) is 1.52. The van der Waals surface area contributed by atoms with Crippen LogP contribution < -0.4 is 0 Å². The molecule has 0 aliphatic heterocycles. The van der Waals surface area contributed by atoms with Crippen LogP contribution in [-0.2, 0) is 0 Å². The molecule has 2 heterocycles. The first-order chi connectivity index (χ1) is 6.29.